The fourth-order valence-electron chi connectivity index (χ4n) is 4.82. The molecule has 4 rings (SSSR count). The van der Waals surface area contributed by atoms with Gasteiger partial charge in [-0.1, -0.05) is 18.6 Å². The van der Waals surface area contributed by atoms with Crippen LogP contribution in [-0.2, 0) is 14.3 Å². The van der Waals surface area contributed by atoms with E-state index in [2.05, 4.69) is 0 Å². The Kier molecular flexibility index (Phi) is 8.20. The first-order valence-corrected chi connectivity index (χ1v) is 12.2. The van der Waals surface area contributed by atoms with Gasteiger partial charge in [0.05, 0.1) is 39.1 Å². The standard InChI is InChI=1S/C27H32FN3O5/c1-4-36-27(33)23-7-5-6-14-30(23)17-26(32)31-24(18-8-10-19(28)11-9-18)16-22(29-31)21-13-12-20(34-2)15-25(21)35-3/h8-13,15,23-24H,4-7,14,16-17H2,1-3H3. The van der Waals surface area contributed by atoms with Crippen molar-refractivity contribution in [2.45, 2.75) is 44.7 Å². The Bertz CT molecular complexity index is 1120. The van der Waals surface area contributed by atoms with E-state index in [0.29, 0.717) is 43.2 Å². The highest BCUT2D eigenvalue weighted by molar-refractivity contribution is 6.05. The molecule has 2 unspecified atom stereocenters. The quantitative estimate of drug-likeness (QED) is 0.514. The fourth-order valence-corrected chi connectivity index (χ4v) is 4.82. The third-order valence-electron chi connectivity index (χ3n) is 6.65. The predicted octanol–water partition coefficient (Wildman–Crippen LogP) is 3.94. The molecule has 1 saturated heterocycles. The second kappa shape index (κ2) is 11.5. The predicted molar refractivity (Wildman–Crippen MR) is 133 cm³/mol. The lowest BCUT2D eigenvalue weighted by Gasteiger charge is -2.34. The second-order valence-corrected chi connectivity index (χ2v) is 8.86. The molecule has 2 aliphatic heterocycles. The average molecular weight is 498 g/mol. The van der Waals surface area contributed by atoms with Crippen molar-refractivity contribution >= 4 is 17.6 Å². The summed E-state index contributed by atoms with van der Waals surface area (Å²) in [5.41, 5.74) is 2.21. The number of methoxy groups -OCH3 is 2. The zero-order valence-electron chi connectivity index (χ0n) is 20.9. The highest BCUT2D eigenvalue weighted by Gasteiger charge is 2.37. The van der Waals surface area contributed by atoms with Crippen LogP contribution in [0.3, 0.4) is 0 Å². The minimum Gasteiger partial charge on any atom is -0.497 e. The van der Waals surface area contributed by atoms with Crippen LogP contribution in [0.15, 0.2) is 47.6 Å². The fraction of sp³-hybridized carbons (Fsp3) is 0.444. The van der Waals surface area contributed by atoms with Crippen molar-refractivity contribution in [3.8, 4) is 11.5 Å². The Morgan fingerprint density at radius 1 is 1.08 bits per heavy atom. The molecule has 36 heavy (non-hydrogen) atoms. The van der Waals surface area contributed by atoms with Crippen molar-refractivity contribution in [1.82, 2.24) is 9.91 Å². The van der Waals surface area contributed by atoms with Crippen LogP contribution in [0, 0.1) is 5.82 Å². The molecule has 0 saturated carbocycles. The summed E-state index contributed by atoms with van der Waals surface area (Å²) in [6.07, 6.45) is 2.91. The summed E-state index contributed by atoms with van der Waals surface area (Å²) in [6, 6.07) is 10.7. The van der Waals surface area contributed by atoms with Crippen LogP contribution < -0.4 is 9.47 Å². The van der Waals surface area contributed by atoms with Crippen molar-refractivity contribution < 1.29 is 28.2 Å². The highest BCUT2D eigenvalue weighted by atomic mass is 19.1. The van der Waals surface area contributed by atoms with E-state index in [1.165, 1.54) is 17.1 Å². The van der Waals surface area contributed by atoms with E-state index in [1.807, 2.05) is 17.0 Å². The summed E-state index contributed by atoms with van der Waals surface area (Å²) in [6.45, 7) is 2.75. The van der Waals surface area contributed by atoms with Crippen LogP contribution in [0.25, 0.3) is 0 Å². The zero-order chi connectivity index (χ0) is 25.7. The summed E-state index contributed by atoms with van der Waals surface area (Å²) in [4.78, 5) is 28.0. The van der Waals surface area contributed by atoms with Crippen molar-refractivity contribution in [2.24, 2.45) is 5.10 Å². The Morgan fingerprint density at radius 2 is 1.86 bits per heavy atom. The van der Waals surface area contributed by atoms with Crippen molar-refractivity contribution in [1.29, 1.82) is 0 Å². The van der Waals surface area contributed by atoms with E-state index in [4.69, 9.17) is 19.3 Å². The van der Waals surface area contributed by atoms with Crippen molar-refractivity contribution in [2.75, 3.05) is 33.9 Å². The van der Waals surface area contributed by atoms with Gasteiger partial charge in [-0.05, 0) is 56.1 Å². The van der Waals surface area contributed by atoms with Gasteiger partial charge in [0.15, 0.2) is 0 Å². The summed E-state index contributed by atoms with van der Waals surface area (Å²) < 4.78 is 29.8. The molecule has 2 aromatic rings. The largest absolute Gasteiger partial charge is 0.497 e. The van der Waals surface area contributed by atoms with E-state index in [1.54, 1.807) is 39.3 Å². The first-order valence-electron chi connectivity index (χ1n) is 12.2. The van der Waals surface area contributed by atoms with Gasteiger partial charge in [0.1, 0.15) is 23.4 Å². The number of likely N-dealkylation sites (tertiary alicyclic amines) is 1. The number of carbonyl (C=O) groups is 2. The number of hydrogen-bond acceptors (Lipinski definition) is 7. The van der Waals surface area contributed by atoms with E-state index in [9.17, 15) is 14.0 Å². The number of benzene rings is 2. The molecule has 0 spiro atoms. The molecule has 0 aromatic heterocycles. The first kappa shape index (κ1) is 25.6. The molecule has 0 N–H and O–H groups in total. The molecule has 0 radical (unpaired) electrons. The molecule has 2 heterocycles. The van der Waals surface area contributed by atoms with Crippen LogP contribution in [0.2, 0.25) is 0 Å². The maximum atomic E-state index is 13.6. The van der Waals surface area contributed by atoms with E-state index >= 15 is 0 Å². The van der Waals surface area contributed by atoms with E-state index in [0.717, 1.165) is 24.0 Å². The first-order chi connectivity index (χ1) is 17.4. The molecule has 192 valence electrons. The smallest absolute Gasteiger partial charge is 0.323 e. The summed E-state index contributed by atoms with van der Waals surface area (Å²) in [7, 11) is 3.15. The van der Waals surface area contributed by atoms with Crippen molar-refractivity contribution in [3.05, 3.63) is 59.4 Å². The van der Waals surface area contributed by atoms with Gasteiger partial charge in [-0.25, -0.2) is 9.40 Å². The Balaban J connectivity index is 1.64. The lowest BCUT2D eigenvalue weighted by Crippen LogP contribution is -2.49. The van der Waals surface area contributed by atoms with Gasteiger partial charge < -0.3 is 14.2 Å². The molecule has 1 fully saturated rings. The minimum atomic E-state index is -0.445. The number of hydrogen-bond donors (Lipinski definition) is 0. The number of hydrazone groups is 1. The number of esters is 1. The van der Waals surface area contributed by atoms with Crippen LogP contribution in [-0.4, -0.2) is 67.5 Å². The summed E-state index contributed by atoms with van der Waals surface area (Å²) in [5.74, 6) is 0.348. The van der Waals surface area contributed by atoms with Gasteiger partial charge in [0.2, 0.25) is 0 Å². The maximum Gasteiger partial charge on any atom is 0.323 e. The van der Waals surface area contributed by atoms with Gasteiger partial charge >= 0.3 is 5.97 Å². The van der Waals surface area contributed by atoms with E-state index in [-0.39, 0.29) is 24.2 Å². The van der Waals surface area contributed by atoms with Gasteiger partial charge in [-0.2, -0.15) is 5.10 Å². The molecule has 0 aliphatic carbocycles. The monoisotopic (exact) mass is 497 g/mol. The van der Waals surface area contributed by atoms with Crippen LogP contribution >= 0.6 is 0 Å². The number of rotatable bonds is 8. The number of halogens is 1. The number of ether oxygens (including phenoxy) is 3. The summed E-state index contributed by atoms with van der Waals surface area (Å²) in [5, 5.41) is 6.18. The molecule has 0 bridgehead atoms. The molecule has 2 aliphatic rings. The van der Waals surface area contributed by atoms with Gasteiger partial charge in [0.25, 0.3) is 5.91 Å². The minimum absolute atomic E-state index is 0.0394. The molecular weight excluding hydrogens is 465 g/mol. The molecule has 2 atom stereocenters. The number of amides is 1. The van der Waals surface area contributed by atoms with Gasteiger partial charge in [-0.15, -0.1) is 0 Å². The van der Waals surface area contributed by atoms with E-state index < -0.39 is 12.1 Å². The number of carbonyl (C=O) groups excluding carboxylic acids is 2. The van der Waals surface area contributed by atoms with Crippen molar-refractivity contribution in [3.63, 3.8) is 0 Å². The molecule has 9 heteroatoms. The van der Waals surface area contributed by atoms with Gasteiger partial charge in [0, 0.05) is 18.1 Å². The third kappa shape index (κ3) is 5.51. The topological polar surface area (TPSA) is 80.7 Å². The van der Waals surface area contributed by atoms with Crippen LogP contribution in [0.1, 0.15) is 49.8 Å². The zero-order valence-corrected chi connectivity index (χ0v) is 20.9. The average Bonchev–Trinajstić information content (AvgIpc) is 3.34. The second-order valence-electron chi connectivity index (χ2n) is 8.86. The normalized spacial score (nSPS) is 20.1. The molecule has 8 nitrogen and oxygen atoms in total. The Labute approximate surface area is 210 Å². The molecule has 2 aromatic carbocycles. The third-order valence-corrected chi connectivity index (χ3v) is 6.65. The van der Waals surface area contributed by atoms with Crippen LogP contribution in [0.5, 0.6) is 11.5 Å². The molecular formula is C27H32FN3O5. The number of nitrogens with zero attached hydrogens (tertiary/aromatic N) is 3. The highest BCUT2D eigenvalue weighted by Crippen LogP contribution is 2.36. The Hall–Kier alpha value is -3.46. The van der Waals surface area contributed by atoms with Gasteiger partial charge in [-0.3, -0.25) is 14.5 Å². The lowest BCUT2D eigenvalue weighted by molar-refractivity contribution is -0.152. The lowest BCUT2D eigenvalue weighted by atomic mass is 9.97. The Morgan fingerprint density at radius 3 is 2.56 bits per heavy atom. The molecule has 1 amide bonds. The maximum absolute atomic E-state index is 13.6. The summed E-state index contributed by atoms with van der Waals surface area (Å²) >= 11 is 0. The number of piperidine rings is 1. The SMILES string of the molecule is CCOC(=O)C1CCCCN1CC(=O)N1N=C(c2ccc(OC)cc2OC)CC1c1ccc(F)cc1. The van der Waals surface area contributed by atoms with Crippen LogP contribution in [0.4, 0.5) is 4.39 Å².